The van der Waals surface area contributed by atoms with Crippen LogP contribution in [0.25, 0.3) is 17.1 Å². The highest BCUT2D eigenvalue weighted by Gasteiger charge is 2.18. The Morgan fingerprint density at radius 2 is 1.85 bits per heavy atom. The second-order valence-electron chi connectivity index (χ2n) is 7.13. The van der Waals surface area contributed by atoms with Gasteiger partial charge in [-0.2, -0.15) is 4.98 Å². The van der Waals surface area contributed by atoms with Crippen LogP contribution in [0.4, 0.5) is 0 Å². The van der Waals surface area contributed by atoms with Crippen LogP contribution in [-0.4, -0.2) is 31.7 Å². The Bertz CT molecular complexity index is 1400. The fourth-order valence-electron chi connectivity index (χ4n) is 3.36. The van der Waals surface area contributed by atoms with E-state index in [1.165, 1.54) is 22.4 Å². The van der Waals surface area contributed by atoms with Gasteiger partial charge < -0.3 is 14.8 Å². The van der Waals surface area contributed by atoms with Gasteiger partial charge in [0.2, 0.25) is 5.88 Å². The molecule has 0 aliphatic rings. The number of aromatic hydroxyl groups is 1. The summed E-state index contributed by atoms with van der Waals surface area (Å²) in [5, 5.41) is 10.6. The lowest BCUT2D eigenvalue weighted by atomic mass is 10.2. The van der Waals surface area contributed by atoms with Crippen molar-refractivity contribution in [3.05, 3.63) is 92.6 Å². The number of hydrogen-bond donors (Lipinski definition) is 2. The highest BCUT2D eigenvalue weighted by molar-refractivity contribution is 7.98. The summed E-state index contributed by atoms with van der Waals surface area (Å²) < 4.78 is 6.74. The lowest BCUT2D eigenvalue weighted by Crippen LogP contribution is -2.25. The molecule has 0 aliphatic heterocycles. The number of aromatic amines is 1. The molecule has 168 valence electrons. The summed E-state index contributed by atoms with van der Waals surface area (Å²) in [6, 6.07) is 17.8. The van der Waals surface area contributed by atoms with Crippen LogP contribution in [0.2, 0.25) is 0 Å². The minimum Gasteiger partial charge on any atom is -0.497 e. The van der Waals surface area contributed by atoms with Gasteiger partial charge in [0.15, 0.2) is 5.16 Å². The number of ether oxygens (including phenoxy) is 1. The van der Waals surface area contributed by atoms with Crippen molar-refractivity contribution in [1.82, 2.24) is 19.5 Å². The molecule has 0 saturated heterocycles. The van der Waals surface area contributed by atoms with Gasteiger partial charge in [-0.3, -0.25) is 14.2 Å². The molecule has 8 nitrogen and oxygen atoms in total. The number of benzene rings is 2. The highest BCUT2D eigenvalue weighted by Crippen LogP contribution is 2.27. The van der Waals surface area contributed by atoms with Gasteiger partial charge >= 0.3 is 0 Å². The van der Waals surface area contributed by atoms with Crippen LogP contribution < -0.4 is 15.9 Å². The standard InChI is InChI=1S/C24H22N4O4S/c1-3-19-22(30)27-24(28(23(19)31)17-10-7-11-18(13-17)32-2)33-14-16-12-20(29)26-21(25-16)15-8-5-4-6-9-15/h4-13,30H,3,14H2,1-2H3,(H,25,26,29). The first-order chi connectivity index (χ1) is 16.0. The zero-order valence-corrected chi connectivity index (χ0v) is 18.9. The van der Waals surface area contributed by atoms with Crippen molar-refractivity contribution in [3.8, 4) is 28.7 Å². The van der Waals surface area contributed by atoms with E-state index in [9.17, 15) is 14.7 Å². The van der Waals surface area contributed by atoms with Crippen LogP contribution in [0.5, 0.6) is 11.6 Å². The molecule has 2 N–H and O–H groups in total. The minimum atomic E-state index is -0.357. The molecule has 4 rings (SSSR count). The second kappa shape index (κ2) is 9.74. The Morgan fingerprint density at radius 3 is 2.58 bits per heavy atom. The number of thioether (sulfide) groups is 1. The third-order valence-corrected chi connectivity index (χ3v) is 5.95. The maximum atomic E-state index is 13.2. The Labute approximate surface area is 194 Å². The topological polar surface area (TPSA) is 110 Å². The fourth-order valence-corrected chi connectivity index (χ4v) is 4.26. The minimum absolute atomic E-state index is 0.225. The molecule has 33 heavy (non-hydrogen) atoms. The number of methoxy groups -OCH3 is 1. The fraction of sp³-hybridized carbons (Fsp3) is 0.167. The van der Waals surface area contributed by atoms with Crippen molar-refractivity contribution >= 4 is 11.8 Å². The monoisotopic (exact) mass is 462 g/mol. The van der Waals surface area contributed by atoms with Crippen molar-refractivity contribution in [2.24, 2.45) is 0 Å². The summed E-state index contributed by atoms with van der Waals surface area (Å²) in [7, 11) is 1.55. The highest BCUT2D eigenvalue weighted by atomic mass is 32.2. The van der Waals surface area contributed by atoms with Gasteiger partial charge in [-0.05, 0) is 18.6 Å². The molecule has 2 aromatic heterocycles. The second-order valence-corrected chi connectivity index (χ2v) is 8.07. The number of aromatic nitrogens is 4. The average molecular weight is 463 g/mol. The van der Waals surface area contributed by atoms with Crippen LogP contribution in [0.15, 0.2) is 75.4 Å². The van der Waals surface area contributed by atoms with Crippen LogP contribution in [-0.2, 0) is 12.2 Å². The van der Waals surface area contributed by atoms with Gasteiger partial charge in [-0.15, -0.1) is 0 Å². The van der Waals surface area contributed by atoms with Gasteiger partial charge in [-0.1, -0.05) is 55.1 Å². The van der Waals surface area contributed by atoms with Crippen molar-refractivity contribution in [2.75, 3.05) is 7.11 Å². The zero-order valence-electron chi connectivity index (χ0n) is 18.1. The quantitative estimate of drug-likeness (QED) is 0.319. The summed E-state index contributed by atoms with van der Waals surface area (Å²) in [6.07, 6.45) is 0.336. The van der Waals surface area contributed by atoms with Crippen LogP contribution in [0.3, 0.4) is 0 Å². The number of hydrogen-bond acceptors (Lipinski definition) is 7. The molecular weight excluding hydrogens is 440 g/mol. The molecule has 0 radical (unpaired) electrons. The normalized spacial score (nSPS) is 10.8. The van der Waals surface area contributed by atoms with Crippen LogP contribution in [0, 0.1) is 0 Å². The van der Waals surface area contributed by atoms with Crippen molar-refractivity contribution in [2.45, 2.75) is 24.3 Å². The van der Waals surface area contributed by atoms with Crippen molar-refractivity contribution in [1.29, 1.82) is 0 Å². The molecule has 4 aromatic rings. The maximum absolute atomic E-state index is 13.2. The van der Waals surface area contributed by atoms with E-state index in [4.69, 9.17) is 4.74 Å². The summed E-state index contributed by atoms with van der Waals surface area (Å²) in [4.78, 5) is 37.0. The number of H-pyrrole nitrogens is 1. The molecule has 0 aliphatic carbocycles. The summed E-state index contributed by atoms with van der Waals surface area (Å²) in [5.41, 5.74) is 1.47. The zero-order chi connectivity index (χ0) is 23.4. The van der Waals surface area contributed by atoms with Crippen molar-refractivity contribution in [3.63, 3.8) is 0 Å². The molecule has 0 bridgehead atoms. The molecule has 9 heteroatoms. The molecule has 0 spiro atoms. The first kappa shape index (κ1) is 22.3. The third-order valence-electron chi connectivity index (χ3n) is 4.98. The Hall–Kier alpha value is -3.85. The Kier molecular flexibility index (Phi) is 6.60. The van der Waals surface area contributed by atoms with E-state index in [2.05, 4.69) is 15.0 Å². The van der Waals surface area contributed by atoms with E-state index in [-0.39, 0.29) is 33.5 Å². The van der Waals surface area contributed by atoms with Crippen LogP contribution >= 0.6 is 11.8 Å². The lowest BCUT2D eigenvalue weighted by molar-refractivity contribution is 0.414. The lowest BCUT2D eigenvalue weighted by Gasteiger charge is -2.15. The molecule has 2 heterocycles. The maximum Gasteiger partial charge on any atom is 0.265 e. The average Bonchev–Trinajstić information content (AvgIpc) is 2.83. The molecule has 0 saturated carbocycles. The summed E-state index contributed by atoms with van der Waals surface area (Å²) in [6.45, 7) is 1.78. The van der Waals surface area contributed by atoms with Crippen LogP contribution in [0.1, 0.15) is 18.2 Å². The summed E-state index contributed by atoms with van der Waals surface area (Å²) in [5.74, 6) is 1.02. The molecular formula is C24H22N4O4S. The van der Waals surface area contributed by atoms with E-state index in [1.807, 2.05) is 30.3 Å². The predicted octanol–water partition coefficient (Wildman–Crippen LogP) is 3.55. The van der Waals surface area contributed by atoms with E-state index in [1.54, 1.807) is 38.3 Å². The SMILES string of the molecule is CCc1c(O)nc(SCc2cc(=O)[nH]c(-c3ccccc3)n2)n(-c2cccc(OC)c2)c1=O. The van der Waals surface area contributed by atoms with Gasteiger partial charge in [0.25, 0.3) is 11.1 Å². The first-order valence-corrected chi connectivity index (χ1v) is 11.3. The number of rotatable bonds is 7. The van der Waals surface area contributed by atoms with Gasteiger partial charge in [0, 0.05) is 23.4 Å². The van der Waals surface area contributed by atoms with Crippen molar-refractivity contribution < 1.29 is 9.84 Å². The van der Waals surface area contributed by atoms with Gasteiger partial charge in [-0.25, -0.2) is 4.98 Å². The Morgan fingerprint density at radius 1 is 1.06 bits per heavy atom. The smallest absolute Gasteiger partial charge is 0.265 e. The van der Waals surface area contributed by atoms with E-state index in [0.29, 0.717) is 29.4 Å². The predicted molar refractivity (Wildman–Crippen MR) is 127 cm³/mol. The van der Waals surface area contributed by atoms with E-state index in [0.717, 1.165) is 5.56 Å². The molecule has 0 fully saturated rings. The molecule has 0 unspecified atom stereocenters. The largest absolute Gasteiger partial charge is 0.497 e. The Balaban J connectivity index is 1.74. The number of nitrogens with zero attached hydrogens (tertiary/aromatic N) is 3. The molecule has 0 amide bonds. The van der Waals surface area contributed by atoms with Gasteiger partial charge in [0.1, 0.15) is 11.6 Å². The van der Waals surface area contributed by atoms with E-state index < -0.39 is 0 Å². The summed E-state index contributed by atoms with van der Waals surface area (Å²) >= 11 is 1.20. The first-order valence-electron chi connectivity index (χ1n) is 10.3. The molecule has 0 atom stereocenters. The molecule has 2 aromatic carbocycles. The van der Waals surface area contributed by atoms with Gasteiger partial charge in [0.05, 0.1) is 24.1 Å². The van der Waals surface area contributed by atoms with E-state index >= 15 is 0 Å². The third kappa shape index (κ3) is 4.83. The number of nitrogens with one attached hydrogen (secondary N) is 1.